The summed E-state index contributed by atoms with van der Waals surface area (Å²) in [6.07, 6.45) is -4.32. The number of nitrogen functional groups attached to an aromatic ring is 1. The van der Waals surface area contributed by atoms with Gasteiger partial charge in [0.15, 0.2) is 0 Å². The fourth-order valence-corrected chi connectivity index (χ4v) is 1.49. The van der Waals surface area contributed by atoms with Gasteiger partial charge in [-0.2, -0.15) is 13.2 Å². The normalized spacial score (nSPS) is 10.7. The van der Waals surface area contributed by atoms with Gasteiger partial charge in [0.25, 0.3) is 0 Å². The first kappa shape index (κ1) is 13.0. The maximum atomic E-state index is 12.4. The first-order valence-corrected chi connectivity index (χ1v) is 5.50. The van der Waals surface area contributed by atoms with Gasteiger partial charge in [0.1, 0.15) is 0 Å². The van der Waals surface area contributed by atoms with Crippen LogP contribution in [-0.4, -0.2) is 0 Å². The lowest BCUT2D eigenvalue weighted by Gasteiger charge is -2.05. The van der Waals surface area contributed by atoms with Crippen LogP contribution in [0.5, 0.6) is 0 Å². The molecular formula is C15H10F3N. The minimum atomic E-state index is -4.32. The summed E-state index contributed by atoms with van der Waals surface area (Å²) in [5.41, 5.74) is 6.74. The average molecular weight is 261 g/mol. The number of hydrogen-bond acceptors (Lipinski definition) is 1. The standard InChI is InChI=1S/C15H10F3N/c16-15(17,18)13-9-6-11(7-10-13)5-8-12-3-1-2-4-14(12)19/h1-4,6-7,9-10H,19H2. The van der Waals surface area contributed by atoms with Crippen LogP contribution in [0.4, 0.5) is 18.9 Å². The molecule has 1 nitrogen and oxygen atoms in total. The molecule has 0 atom stereocenters. The molecule has 0 spiro atoms. The Morgan fingerprint density at radius 2 is 1.47 bits per heavy atom. The first-order valence-electron chi connectivity index (χ1n) is 5.50. The van der Waals surface area contributed by atoms with Crippen LogP contribution in [0.2, 0.25) is 0 Å². The van der Waals surface area contributed by atoms with E-state index in [9.17, 15) is 13.2 Å². The van der Waals surface area contributed by atoms with Crippen LogP contribution < -0.4 is 5.73 Å². The molecule has 0 saturated carbocycles. The second kappa shape index (κ2) is 5.07. The van der Waals surface area contributed by atoms with Crippen molar-refractivity contribution in [2.45, 2.75) is 6.18 Å². The van der Waals surface area contributed by atoms with Crippen molar-refractivity contribution in [2.24, 2.45) is 0 Å². The highest BCUT2D eigenvalue weighted by Gasteiger charge is 2.29. The zero-order valence-electron chi connectivity index (χ0n) is 9.83. The van der Waals surface area contributed by atoms with E-state index in [1.165, 1.54) is 12.1 Å². The fourth-order valence-electron chi connectivity index (χ4n) is 1.49. The molecule has 4 heteroatoms. The van der Waals surface area contributed by atoms with E-state index in [0.29, 0.717) is 16.8 Å². The molecule has 0 aliphatic rings. The average Bonchev–Trinajstić information content (AvgIpc) is 2.37. The van der Waals surface area contributed by atoms with E-state index in [1.807, 2.05) is 0 Å². The quantitative estimate of drug-likeness (QED) is 0.568. The smallest absolute Gasteiger partial charge is 0.398 e. The number of rotatable bonds is 0. The summed E-state index contributed by atoms with van der Waals surface area (Å²) in [6.45, 7) is 0. The van der Waals surface area contributed by atoms with Crippen LogP contribution >= 0.6 is 0 Å². The maximum absolute atomic E-state index is 12.4. The van der Waals surface area contributed by atoms with Crippen LogP contribution in [0.15, 0.2) is 48.5 Å². The number of nitrogens with two attached hydrogens (primary N) is 1. The minimum Gasteiger partial charge on any atom is -0.398 e. The number of alkyl halides is 3. The fraction of sp³-hybridized carbons (Fsp3) is 0.0667. The number of anilines is 1. The van der Waals surface area contributed by atoms with Gasteiger partial charge in [0.05, 0.1) is 5.56 Å². The highest BCUT2D eigenvalue weighted by molar-refractivity contribution is 5.57. The summed E-state index contributed by atoms with van der Waals surface area (Å²) in [5.74, 6) is 5.61. The van der Waals surface area contributed by atoms with Gasteiger partial charge >= 0.3 is 6.18 Å². The third-order valence-corrected chi connectivity index (χ3v) is 2.51. The van der Waals surface area contributed by atoms with Crippen LogP contribution in [0.3, 0.4) is 0 Å². The van der Waals surface area contributed by atoms with E-state index in [-0.39, 0.29) is 0 Å². The van der Waals surface area contributed by atoms with Crippen LogP contribution in [-0.2, 0) is 6.18 Å². The molecular weight excluding hydrogens is 251 g/mol. The van der Waals surface area contributed by atoms with Gasteiger partial charge in [-0.3, -0.25) is 0 Å². The molecule has 96 valence electrons. The van der Waals surface area contributed by atoms with Gasteiger partial charge < -0.3 is 5.73 Å². The Balaban J connectivity index is 2.24. The van der Waals surface area contributed by atoms with E-state index in [1.54, 1.807) is 24.3 Å². The summed E-state index contributed by atoms with van der Waals surface area (Å²) in [7, 11) is 0. The molecule has 2 rings (SSSR count). The third-order valence-electron chi connectivity index (χ3n) is 2.51. The van der Waals surface area contributed by atoms with E-state index < -0.39 is 11.7 Å². The molecule has 0 aromatic heterocycles. The number of para-hydroxylation sites is 1. The minimum absolute atomic E-state index is 0.510. The van der Waals surface area contributed by atoms with Crippen molar-refractivity contribution in [1.82, 2.24) is 0 Å². The van der Waals surface area contributed by atoms with Crippen molar-refractivity contribution >= 4 is 5.69 Å². The highest BCUT2D eigenvalue weighted by Crippen LogP contribution is 2.28. The lowest BCUT2D eigenvalue weighted by atomic mass is 10.1. The largest absolute Gasteiger partial charge is 0.416 e. The van der Waals surface area contributed by atoms with Crippen molar-refractivity contribution in [3.63, 3.8) is 0 Å². The molecule has 0 fully saturated rings. The lowest BCUT2D eigenvalue weighted by molar-refractivity contribution is -0.137. The highest BCUT2D eigenvalue weighted by atomic mass is 19.4. The van der Waals surface area contributed by atoms with E-state index in [2.05, 4.69) is 11.8 Å². The zero-order valence-corrected chi connectivity index (χ0v) is 9.83. The van der Waals surface area contributed by atoms with Gasteiger partial charge in [-0.25, -0.2) is 0 Å². The predicted molar refractivity (Wildman–Crippen MR) is 68.3 cm³/mol. The Hall–Kier alpha value is -2.41. The lowest BCUT2D eigenvalue weighted by Crippen LogP contribution is -2.04. The van der Waals surface area contributed by atoms with Gasteiger partial charge in [0.2, 0.25) is 0 Å². The molecule has 2 N–H and O–H groups in total. The topological polar surface area (TPSA) is 26.0 Å². The number of hydrogen-bond donors (Lipinski definition) is 1. The molecule has 0 aliphatic heterocycles. The van der Waals surface area contributed by atoms with Crippen molar-refractivity contribution < 1.29 is 13.2 Å². The summed E-state index contributed by atoms with van der Waals surface area (Å²) >= 11 is 0. The van der Waals surface area contributed by atoms with Gasteiger partial charge in [-0.1, -0.05) is 24.0 Å². The molecule has 19 heavy (non-hydrogen) atoms. The Bertz CT molecular complexity index is 631. The Morgan fingerprint density at radius 1 is 0.842 bits per heavy atom. The molecule has 0 amide bonds. The first-order chi connectivity index (χ1) is 8.97. The molecule has 0 saturated heterocycles. The van der Waals surface area contributed by atoms with Gasteiger partial charge in [-0.05, 0) is 36.4 Å². The summed E-state index contributed by atoms with van der Waals surface area (Å²) in [5, 5.41) is 0. The summed E-state index contributed by atoms with van der Waals surface area (Å²) in [4.78, 5) is 0. The van der Waals surface area contributed by atoms with Crippen LogP contribution in [0.25, 0.3) is 0 Å². The molecule has 2 aromatic rings. The Kier molecular flexibility index (Phi) is 3.48. The monoisotopic (exact) mass is 261 g/mol. The van der Waals surface area contributed by atoms with E-state index >= 15 is 0 Å². The van der Waals surface area contributed by atoms with E-state index in [0.717, 1.165) is 12.1 Å². The molecule has 0 aliphatic carbocycles. The zero-order chi connectivity index (χ0) is 13.9. The van der Waals surface area contributed by atoms with Crippen LogP contribution in [0, 0.1) is 11.8 Å². The van der Waals surface area contributed by atoms with E-state index in [4.69, 9.17) is 5.73 Å². The SMILES string of the molecule is Nc1ccccc1C#Cc1ccc(C(F)(F)F)cc1. The van der Waals surface area contributed by atoms with Crippen molar-refractivity contribution in [3.8, 4) is 11.8 Å². The summed E-state index contributed by atoms with van der Waals surface area (Å²) in [6, 6.07) is 11.8. The number of benzene rings is 2. The van der Waals surface area contributed by atoms with Crippen LogP contribution in [0.1, 0.15) is 16.7 Å². The summed E-state index contributed by atoms with van der Waals surface area (Å²) < 4.78 is 37.1. The molecule has 2 aromatic carbocycles. The Morgan fingerprint density at radius 3 is 2.05 bits per heavy atom. The molecule has 0 radical (unpaired) electrons. The predicted octanol–water partition coefficient (Wildman–Crippen LogP) is 3.69. The Labute approximate surface area is 108 Å². The van der Waals surface area contributed by atoms with Gasteiger partial charge in [-0.15, -0.1) is 0 Å². The second-order valence-corrected chi connectivity index (χ2v) is 3.91. The van der Waals surface area contributed by atoms with Crippen molar-refractivity contribution in [2.75, 3.05) is 5.73 Å². The van der Waals surface area contributed by atoms with Crippen molar-refractivity contribution in [3.05, 3.63) is 65.2 Å². The maximum Gasteiger partial charge on any atom is 0.416 e. The number of halogens is 3. The van der Waals surface area contributed by atoms with Gasteiger partial charge in [0, 0.05) is 16.8 Å². The van der Waals surface area contributed by atoms with Crippen molar-refractivity contribution in [1.29, 1.82) is 0 Å². The molecule has 0 unspecified atom stereocenters. The third kappa shape index (κ3) is 3.29. The molecule has 0 heterocycles. The second-order valence-electron chi connectivity index (χ2n) is 3.91. The molecule has 0 bridgehead atoms.